The number of nitrogens with two attached hydrogens (primary N) is 2. The van der Waals surface area contributed by atoms with E-state index in [-0.39, 0.29) is 0 Å². The van der Waals surface area contributed by atoms with Crippen LogP contribution in [0.5, 0.6) is 23.0 Å². The molecule has 1 aliphatic rings. The Morgan fingerprint density at radius 2 is 0.889 bits per heavy atom. The van der Waals surface area contributed by atoms with Crippen molar-refractivity contribution in [3.05, 3.63) is 24.3 Å². The quantitative estimate of drug-likeness (QED) is 0.406. The predicted molar refractivity (Wildman–Crippen MR) is 139 cm³/mol. The minimum absolute atomic E-state index is 0.383. The molecule has 0 amide bonds. The van der Waals surface area contributed by atoms with Gasteiger partial charge in [0, 0.05) is 49.1 Å². The average molecular weight is 493 g/mol. The minimum atomic E-state index is 0.383. The van der Waals surface area contributed by atoms with Gasteiger partial charge in [-0.25, -0.2) is 9.97 Å². The van der Waals surface area contributed by atoms with Crippen LogP contribution in [0.15, 0.2) is 24.3 Å². The fraction of sp³-hybridized carbons (Fsp3) is 0.333. The van der Waals surface area contributed by atoms with E-state index in [1.807, 2.05) is 0 Å². The molecule has 0 spiro atoms. The molecule has 2 aromatic carbocycles. The maximum atomic E-state index is 6.27. The monoisotopic (exact) mass is 492 g/mol. The minimum Gasteiger partial charge on any atom is -0.493 e. The molecule has 4 N–H and O–H groups in total. The number of hydrogen-bond acceptors (Lipinski definition) is 12. The third-order valence-corrected chi connectivity index (χ3v) is 6.28. The number of nitrogens with zero attached hydrogens (tertiary/aromatic N) is 6. The van der Waals surface area contributed by atoms with E-state index >= 15 is 0 Å². The van der Waals surface area contributed by atoms with Crippen molar-refractivity contribution in [1.29, 1.82) is 0 Å². The van der Waals surface area contributed by atoms with Gasteiger partial charge in [-0.2, -0.15) is 9.97 Å². The lowest BCUT2D eigenvalue weighted by molar-refractivity contribution is 0.356. The smallest absolute Gasteiger partial charge is 0.228 e. The molecule has 5 rings (SSSR count). The fourth-order valence-electron chi connectivity index (χ4n) is 4.32. The molecule has 4 aromatic rings. The third-order valence-electron chi connectivity index (χ3n) is 6.28. The summed E-state index contributed by atoms with van der Waals surface area (Å²) in [5.74, 6) is 4.20. The van der Waals surface area contributed by atoms with Gasteiger partial charge in [-0.05, 0) is 12.1 Å². The van der Waals surface area contributed by atoms with Gasteiger partial charge in [0.2, 0.25) is 11.9 Å². The molecule has 1 saturated heterocycles. The second-order valence-electron chi connectivity index (χ2n) is 8.24. The van der Waals surface area contributed by atoms with E-state index in [2.05, 4.69) is 19.8 Å². The summed E-state index contributed by atoms with van der Waals surface area (Å²) in [5, 5.41) is 1.42. The summed E-state index contributed by atoms with van der Waals surface area (Å²) < 4.78 is 21.6. The van der Waals surface area contributed by atoms with Crippen molar-refractivity contribution in [2.75, 3.05) is 75.9 Å². The Labute approximate surface area is 207 Å². The highest BCUT2D eigenvalue weighted by atomic mass is 16.5. The third kappa shape index (κ3) is 4.00. The van der Waals surface area contributed by atoms with Gasteiger partial charge in [0.05, 0.1) is 39.5 Å². The summed E-state index contributed by atoms with van der Waals surface area (Å²) in [7, 11) is 6.33. The average Bonchev–Trinajstić information content (AvgIpc) is 2.91. The Balaban J connectivity index is 1.39. The van der Waals surface area contributed by atoms with Gasteiger partial charge >= 0.3 is 0 Å². The Hall–Kier alpha value is -4.48. The van der Waals surface area contributed by atoms with Gasteiger partial charge in [-0.1, -0.05) is 0 Å². The summed E-state index contributed by atoms with van der Waals surface area (Å²) in [4.78, 5) is 22.7. The van der Waals surface area contributed by atoms with Crippen molar-refractivity contribution in [2.24, 2.45) is 0 Å². The van der Waals surface area contributed by atoms with Gasteiger partial charge < -0.3 is 40.2 Å². The van der Waals surface area contributed by atoms with Crippen molar-refractivity contribution < 1.29 is 18.9 Å². The highest BCUT2D eigenvalue weighted by molar-refractivity contribution is 5.92. The van der Waals surface area contributed by atoms with Gasteiger partial charge in [0.25, 0.3) is 0 Å². The Morgan fingerprint density at radius 3 is 1.22 bits per heavy atom. The van der Waals surface area contributed by atoms with Gasteiger partial charge in [0.15, 0.2) is 23.0 Å². The highest BCUT2D eigenvalue weighted by Gasteiger charge is 2.23. The largest absolute Gasteiger partial charge is 0.493 e. The first-order chi connectivity index (χ1) is 17.4. The van der Waals surface area contributed by atoms with Crippen molar-refractivity contribution >= 4 is 45.3 Å². The van der Waals surface area contributed by atoms with Gasteiger partial charge in [-0.3, -0.25) is 0 Å². The molecule has 0 unspecified atom stereocenters. The molecule has 12 heteroatoms. The van der Waals surface area contributed by atoms with Crippen LogP contribution in [0.1, 0.15) is 0 Å². The lowest BCUT2D eigenvalue weighted by Crippen LogP contribution is -2.47. The maximum Gasteiger partial charge on any atom is 0.228 e. The Kier molecular flexibility index (Phi) is 6.00. The first-order valence-corrected chi connectivity index (χ1v) is 11.3. The number of piperazine rings is 1. The second kappa shape index (κ2) is 9.29. The number of nitrogen functional groups attached to an aromatic ring is 2. The van der Waals surface area contributed by atoms with Crippen LogP contribution in [0, 0.1) is 0 Å². The Bertz CT molecular complexity index is 1330. The molecule has 0 bridgehead atoms. The van der Waals surface area contributed by atoms with E-state index in [1.165, 1.54) is 0 Å². The van der Waals surface area contributed by atoms with E-state index in [0.29, 0.717) is 94.5 Å². The number of anilines is 4. The zero-order chi connectivity index (χ0) is 25.4. The summed E-state index contributed by atoms with van der Waals surface area (Å²) >= 11 is 0. The van der Waals surface area contributed by atoms with Crippen LogP contribution in [0.25, 0.3) is 21.8 Å². The van der Waals surface area contributed by atoms with E-state index in [0.717, 1.165) is 0 Å². The summed E-state index contributed by atoms with van der Waals surface area (Å²) in [6.45, 7) is 2.63. The van der Waals surface area contributed by atoms with Crippen LogP contribution in [0.4, 0.5) is 23.5 Å². The van der Waals surface area contributed by atoms with E-state index < -0.39 is 0 Å². The normalized spacial score (nSPS) is 13.8. The SMILES string of the molecule is COc1cc2nc(N3CCN(c4nc(N)c5cc(OC)c(OC)cc5n4)CC3)nc(N)c2cc1OC. The number of ether oxygens (including phenoxy) is 4. The standard InChI is InChI=1S/C24H28N8O4/c1-33-17-9-13-15(11-19(17)35-3)27-23(29-21(13)25)31-5-7-32(8-6-31)24-28-16-12-20(36-4)18(34-2)10-14(16)22(26)30-24/h9-12H,5-8H2,1-4H3,(H2,25,27,29)(H2,26,28,30). The molecule has 188 valence electrons. The molecule has 0 saturated carbocycles. The van der Waals surface area contributed by atoms with E-state index in [1.54, 1.807) is 52.7 Å². The molecule has 1 fully saturated rings. The number of benzene rings is 2. The summed E-state index contributed by atoms with van der Waals surface area (Å²) in [6.07, 6.45) is 0. The van der Waals surface area contributed by atoms with E-state index in [9.17, 15) is 0 Å². The van der Waals surface area contributed by atoms with Crippen LogP contribution < -0.4 is 40.2 Å². The van der Waals surface area contributed by atoms with Gasteiger partial charge in [0.1, 0.15) is 11.6 Å². The molecular weight excluding hydrogens is 464 g/mol. The fourth-order valence-corrected chi connectivity index (χ4v) is 4.32. The number of rotatable bonds is 6. The molecule has 0 aliphatic carbocycles. The van der Waals surface area contributed by atoms with Crippen LogP contribution in [0.3, 0.4) is 0 Å². The van der Waals surface area contributed by atoms with Crippen molar-refractivity contribution in [3.8, 4) is 23.0 Å². The maximum absolute atomic E-state index is 6.27. The summed E-state index contributed by atoms with van der Waals surface area (Å²) in [6, 6.07) is 7.19. The molecule has 1 aliphatic heterocycles. The number of hydrogen-bond donors (Lipinski definition) is 2. The van der Waals surface area contributed by atoms with E-state index in [4.69, 9.17) is 40.4 Å². The topological polar surface area (TPSA) is 147 Å². The number of fused-ring (bicyclic) bond motifs is 2. The van der Waals surface area contributed by atoms with Gasteiger partial charge in [-0.15, -0.1) is 0 Å². The lowest BCUT2D eigenvalue weighted by atomic mass is 10.2. The van der Waals surface area contributed by atoms with Crippen LogP contribution in [-0.4, -0.2) is 74.6 Å². The van der Waals surface area contributed by atoms with Crippen LogP contribution in [-0.2, 0) is 0 Å². The van der Waals surface area contributed by atoms with Crippen LogP contribution in [0.2, 0.25) is 0 Å². The first-order valence-electron chi connectivity index (χ1n) is 11.3. The predicted octanol–water partition coefficient (Wildman–Crippen LogP) is 2.10. The Morgan fingerprint density at radius 1 is 0.556 bits per heavy atom. The zero-order valence-electron chi connectivity index (χ0n) is 20.6. The molecule has 2 aromatic heterocycles. The lowest BCUT2D eigenvalue weighted by Gasteiger charge is -2.35. The second-order valence-corrected chi connectivity index (χ2v) is 8.24. The molecule has 3 heterocycles. The number of aromatic nitrogens is 4. The molecule has 0 atom stereocenters. The number of methoxy groups -OCH3 is 4. The van der Waals surface area contributed by atoms with Crippen molar-refractivity contribution in [3.63, 3.8) is 0 Å². The summed E-state index contributed by atoms with van der Waals surface area (Å²) in [5.41, 5.74) is 13.9. The van der Waals surface area contributed by atoms with Crippen molar-refractivity contribution in [1.82, 2.24) is 19.9 Å². The molecular formula is C24H28N8O4. The first kappa shape index (κ1) is 23.3. The zero-order valence-corrected chi connectivity index (χ0v) is 20.6. The molecule has 12 nitrogen and oxygen atoms in total. The molecule has 0 radical (unpaired) electrons. The van der Waals surface area contributed by atoms with Crippen molar-refractivity contribution in [2.45, 2.75) is 0 Å². The highest BCUT2D eigenvalue weighted by Crippen LogP contribution is 2.35. The van der Waals surface area contributed by atoms with Crippen LogP contribution >= 0.6 is 0 Å². The molecule has 36 heavy (non-hydrogen) atoms.